The lowest BCUT2D eigenvalue weighted by molar-refractivity contribution is -0.0679. The second-order valence-corrected chi connectivity index (χ2v) is 5.88. The van der Waals surface area contributed by atoms with Crippen LogP contribution in [0.25, 0.3) is 0 Å². The Morgan fingerprint density at radius 3 is 2.89 bits per heavy atom. The van der Waals surface area contributed by atoms with Gasteiger partial charge in [-0.2, -0.15) is 0 Å². The highest BCUT2D eigenvalue weighted by molar-refractivity contribution is 9.09. The molecule has 1 aromatic carbocycles. The minimum Gasteiger partial charge on any atom is -0.496 e. The van der Waals surface area contributed by atoms with Gasteiger partial charge < -0.3 is 9.47 Å². The van der Waals surface area contributed by atoms with Crippen LogP contribution in [0.3, 0.4) is 0 Å². The molecule has 1 heterocycles. The topological polar surface area (TPSA) is 21.7 Å². The maximum atomic E-state index is 5.86. The van der Waals surface area contributed by atoms with E-state index in [4.69, 9.17) is 9.47 Å². The number of benzene rings is 1. The third-order valence-corrected chi connectivity index (χ3v) is 4.13. The summed E-state index contributed by atoms with van der Waals surface area (Å²) < 4.78 is 11.3. The van der Waals surface area contributed by atoms with Crippen LogP contribution in [0.4, 0.5) is 0 Å². The van der Waals surface area contributed by atoms with Crippen molar-refractivity contribution in [2.24, 2.45) is 0 Å². The first-order chi connectivity index (χ1) is 9.12. The number of alkyl halides is 1. The molecule has 0 saturated carbocycles. The third kappa shape index (κ3) is 3.94. The van der Waals surface area contributed by atoms with Gasteiger partial charge in [-0.25, -0.2) is 0 Å². The Balaban J connectivity index is 2.09. The molecule has 19 heavy (non-hydrogen) atoms. The second-order valence-electron chi connectivity index (χ2n) is 5.23. The molecule has 4 heteroatoms. The first kappa shape index (κ1) is 14.8. The molecule has 1 aromatic rings. The SMILES string of the molecule is COc1ccc(C)cc1CN1CC(C)OC(CBr)C1. The molecule has 2 unspecified atom stereocenters. The largest absolute Gasteiger partial charge is 0.496 e. The van der Waals surface area contributed by atoms with Gasteiger partial charge in [0.15, 0.2) is 0 Å². The Bertz CT molecular complexity index is 425. The van der Waals surface area contributed by atoms with E-state index in [0.29, 0.717) is 0 Å². The highest BCUT2D eigenvalue weighted by atomic mass is 79.9. The number of rotatable bonds is 4. The second kappa shape index (κ2) is 6.73. The number of hydrogen-bond donors (Lipinski definition) is 0. The fourth-order valence-corrected chi connectivity index (χ4v) is 2.98. The van der Waals surface area contributed by atoms with Crippen molar-refractivity contribution < 1.29 is 9.47 Å². The van der Waals surface area contributed by atoms with Gasteiger partial charge in [0.2, 0.25) is 0 Å². The number of ether oxygens (including phenoxy) is 2. The van der Waals surface area contributed by atoms with Crippen molar-refractivity contribution in [1.29, 1.82) is 0 Å². The zero-order chi connectivity index (χ0) is 13.8. The van der Waals surface area contributed by atoms with Gasteiger partial charge in [0.05, 0.1) is 19.3 Å². The molecule has 1 aliphatic rings. The molecule has 0 bridgehead atoms. The molecule has 1 saturated heterocycles. The minimum absolute atomic E-state index is 0.277. The normalized spacial score (nSPS) is 24.4. The van der Waals surface area contributed by atoms with E-state index in [-0.39, 0.29) is 12.2 Å². The van der Waals surface area contributed by atoms with Crippen LogP contribution in [-0.2, 0) is 11.3 Å². The van der Waals surface area contributed by atoms with Gasteiger partial charge in [0.25, 0.3) is 0 Å². The number of hydrogen-bond acceptors (Lipinski definition) is 3. The number of halogens is 1. The summed E-state index contributed by atoms with van der Waals surface area (Å²) in [7, 11) is 1.73. The number of methoxy groups -OCH3 is 1. The Morgan fingerprint density at radius 2 is 2.21 bits per heavy atom. The van der Waals surface area contributed by atoms with E-state index < -0.39 is 0 Å². The van der Waals surface area contributed by atoms with Crippen LogP contribution in [0.2, 0.25) is 0 Å². The molecular formula is C15H22BrNO2. The number of nitrogens with zero attached hydrogens (tertiary/aromatic N) is 1. The Morgan fingerprint density at radius 1 is 1.42 bits per heavy atom. The van der Waals surface area contributed by atoms with Crippen LogP contribution in [0, 0.1) is 6.92 Å². The van der Waals surface area contributed by atoms with Crippen LogP contribution in [-0.4, -0.2) is 42.6 Å². The highest BCUT2D eigenvalue weighted by Crippen LogP contribution is 2.23. The van der Waals surface area contributed by atoms with E-state index in [1.807, 2.05) is 0 Å². The molecule has 106 valence electrons. The van der Waals surface area contributed by atoms with E-state index in [1.54, 1.807) is 7.11 Å². The summed E-state index contributed by atoms with van der Waals surface area (Å²) in [5.41, 5.74) is 2.53. The lowest BCUT2D eigenvalue weighted by Gasteiger charge is -2.36. The molecule has 3 nitrogen and oxygen atoms in total. The molecule has 0 amide bonds. The zero-order valence-electron chi connectivity index (χ0n) is 11.9. The molecule has 0 spiro atoms. The number of aryl methyl sites for hydroxylation is 1. The van der Waals surface area contributed by atoms with E-state index in [0.717, 1.165) is 30.7 Å². The standard InChI is InChI=1S/C15H22BrNO2/c1-11-4-5-15(18-3)13(6-11)9-17-8-12(2)19-14(7-16)10-17/h4-6,12,14H,7-10H2,1-3H3. The molecular weight excluding hydrogens is 306 g/mol. The van der Waals surface area contributed by atoms with Gasteiger partial charge in [0, 0.05) is 30.5 Å². The zero-order valence-corrected chi connectivity index (χ0v) is 13.4. The Kier molecular flexibility index (Phi) is 5.25. The molecule has 2 atom stereocenters. The Hall–Kier alpha value is -0.580. The van der Waals surface area contributed by atoms with Crippen molar-refractivity contribution in [2.45, 2.75) is 32.6 Å². The van der Waals surface area contributed by atoms with Crippen molar-refractivity contribution in [2.75, 3.05) is 25.5 Å². The monoisotopic (exact) mass is 327 g/mol. The van der Waals surface area contributed by atoms with Crippen molar-refractivity contribution in [3.63, 3.8) is 0 Å². The van der Waals surface area contributed by atoms with Crippen molar-refractivity contribution >= 4 is 15.9 Å². The first-order valence-corrected chi connectivity index (χ1v) is 7.81. The highest BCUT2D eigenvalue weighted by Gasteiger charge is 2.25. The molecule has 0 N–H and O–H groups in total. The van der Waals surface area contributed by atoms with Crippen LogP contribution in [0.15, 0.2) is 18.2 Å². The predicted octanol–water partition coefficient (Wildman–Crippen LogP) is 2.99. The molecule has 0 aromatic heterocycles. The summed E-state index contributed by atoms with van der Waals surface area (Å²) >= 11 is 3.51. The first-order valence-electron chi connectivity index (χ1n) is 6.69. The average molecular weight is 328 g/mol. The smallest absolute Gasteiger partial charge is 0.123 e. The quantitative estimate of drug-likeness (QED) is 0.793. The summed E-state index contributed by atoms with van der Waals surface area (Å²) in [5.74, 6) is 0.972. The van der Waals surface area contributed by atoms with Crippen LogP contribution in [0.5, 0.6) is 5.75 Å². The molecule has 2 rings (SSSR count). The fraction of sp³-hybridized carbons (Fsp3) is 0.600. The van der Waals surface area contributed by atoms with E-state index in [2.05, 4.69) is 52.9 Å². The van der Waals surface area contributed by atoms with E-state index >= 15 is 0 Å². The van der Waals surface area contributed by atoms with Crippen LogP contribution >= 0.6 is 15.9 Å². The minimum atomic E-state index is 0.277. The summed E-state index contributed by atoms with van der Waals surface area (Å²) in [5, 5.41) is 0.888. The lowest BCUT2D eigenvalue weighted by Crippen LogP contribution is -2.46. The predicted molar refractivity (Wildman–Crippen MR) is 81.1 cm³/mol. The summed E-state index contributed by atoms with van der Waals surface area (Å²) in [4.78, 5) is 2.44. The van der Waals surface area contributed by atoms with Gasteiger partial charge >= 0.3 is 0 Å². The van der Waals surface area contributed by atoms with Crippen molar-refractivity contribution in [3.8, 4) is 5.75 Å². The molecule has 1 aliphatic heterocycles. The maximum absolute atomic E-state index is 5.86. The van der Waals surface area contributed by atoms with Crippen LogP contribution < -0.4 is 4.74 Å². The Labute approximate surface area is 124 Å². The number of morpholine rings is 1. The summed E-state index contributed by atoms with van der Waals surface area (Å²) in [6.07, 6.45) is 0.562. The molecule has 0 radical (unpaired) electrons. The fourth-order valence-electron chi connectivity index (χ4n) is 2.63. The van der Waals surface area contributed by atoms with Crippen LogP contribution in [0.1, 0.15) is 18.1 Å². The van der Waals surface area contributed by atoms with Gasteiger partial charge in [-0.05, 0) is 19.9 Å². The maximum Gasteiger partial charge on any atom is 0.123 e. The van der Waals surface area contributed by atoms with Crippen molar-refractivity contribution in [3.05, 3.63) is 29.3 Å². The van der Waals surface area contributed by atoms with Gasteiger partial charge in [-0.1, -0.05) is 33.6 Å². The summed E-state index contributed by atoms with van der Waals surface area (Å²) in [6.45, 7) is 7.11. The molecule has 1 fully saturated rings. The average Bonchev–Trinajstić information content (AvgIpc) is 2.38. The van der Waals surface area contributed by atoms with E-state index in [9.17, 15) is 0 Å². The van der Waals surface area contributed by atoms with Gasteiger partial charge in [0.1, 0.15) is 5.75 Å². The lowest BCUT2D eigenvalue weighted by atomic mass is 10.1. The van der Waals surface area contributed by atoms with Crippen molar-refractivity contribution in [1.82, 2.24) is 4.90 Å². The van der Waals surface area contributed by atoms with E-state index in [1.165, 1.54) is 11.1 Å². The third-order valence-electron chi connectivity index (χ3n) is 3.40. The van der Waals surface area contributed by atoms with Gasteiger partial charge in [-0.15, -0.1) is 0 Å². The molecule has 0 aliphatic carbocycles. The summed E-state index contributed by atoms with van der Waals surface area (Å²) in [6, 6.07) is 6.35. The van der Waals surface area contributed by atoms with Gasteiger partial charge in [-0.3, -0.25) is 4.90 Å².